The van der Waals surface area contributed by atoms with Crippen LogP contribution in [0.2, 0.25) is 0 Å². The van der Waals surface area contributed by atoms with Crippen LogP contribution in [0, 0.1) is 5.92 Å². The summed E-state index contributed by atoms with van der Waals surface area (Å²) >= 11 is 0. The lowest BCUT2D eigenvalue weighted by Crippen LogP contribution is -2.35. The molecular formula is C9H20N2O. The highest BCUT2D eigenvalue weighted by Crippen LogP contribution is 2.10. The van der Waals surface area contributed by atoms with Gasteiger partial charge < -0.3 is 15.4 Å². The molecule has 1 fully saturated rings. The molecule has 1 saturated heterocycles. The monoisotopic (exact) mass is 172 g/mol. The number of nitrogens with two attached hydrogens (primary N) is 1. The van der Waals surface area contributed by atoms with E-state index in [4.69, 9.17) is 10.5 Å². The summed E-state index contributed by atoms with van der Waals surface area (Å²) in [5, 5.41) is 0. The lowest BCUT2D eigenvalue weighted by Gasteiger charge is -2.16. The summed E-state index contributed by atoms with van der Waals surface area (Å²) in [4.78, 5) is 2.22. The van der Waals surface area contributed by atoms with Crippen molar-refractivity contribution in [2.75, 3.05) is 26.7 Å². The van der Waals surface area contributed by atoms with E-state index in [-0.39, 0.29) is 12.1 Å². The topological polar surface area (TPSA) is 38.5 Å². The molecule has 2 atom stereocenters. The minimum atomic E-state index is 0.203. The Morgan fingerprint density at radius 2 is 2.17 bits per heavy atom. The standard InChI is InChI=1S/C9H20N2O/c1-7(2)6-12-9-5-11(3)4-8(9)10/h7-9H,4-6,10H2,1-3H3. The van der Waals surface area contributed by atoms with E-state index in [1.165, 1.54) is 0 Å². The van der Waals surface area contributed by atoms with E-state index >= 15 is 0 Å². The average Bonchev–Trinajstić information content (AvgIpc) is 2.26. The van der Waals surface area contributed by atoms with Gasteiger partial charge in [-0.3, -0.25) is 0 Å². The molecule has 0 aromatic carbocycles. The number of hydrogen-bond acceptors (Lipinski definition) is 3. The maximum atomic E-state index is 5.89. The van der Waals surface area contributed by atoms with Crippen molar-refractivity contribution in [2.24, 2.45) is 11.7 Å². The Bertz CT molecular complexity index is 138. The number of likely N-dealkylation sites (tertiary alicyclic amines) is 1. The highest BCUT2D eigenvalue weighted by atomic mass is 16.5. The van der Waals surface area contributed by atoms with Crippen LogP contribution < -0.4 is 5.73 Å². The Morgan fingerprint density at radius 1 is 1.50 bits per heavy atom. The molecule has 1 heterocycles. The van der Waals surface area contributed by atoms with Gasteiger partial charge in [-0.1, -0.05) is 13.8 Å². The number of likely N-dealkylation sites (N-methyl/N-ethyl adjacent to an activating group) is 1. The molecule has 1 rings (SSSR count). The van der Waals surface area contributed by atoms with E-state index < -0.39 is 0 Å². The van der Waals surface area contributed by atoms with Gasteiger partial charge in [0.1, 0.15) is 0 Å². The van der Waals surface area contributed by atoms with Crippen molar-refractivity contribution in [3.8, 4) is 0 Å². The third-order valence-electron chi connectivity index (χ3n) is 2.14. The Hall–Kier alpha value is -0.120. The molecule has 0 bridgehead atoms. The zero-order chi connectivity index (χ0) is 9.14. The predicted molar refractivity (Wildman–Crippen MR) is 50.1 cm³/mol. The van der Waals surface area contributed by atoms with E-state index in [2.05, 4.69) is 25.8 Å². The van der Waals surface area contributed by atoms with Crippen LogP contribution in [-0.4, -0.2) is 43.8 Å². The molecule has 0 aromatic heterocycles. The normalized spacial score (nSPS) is 31.8. The highest BCUT2D eigenvalue weighted by Gasteiger charge is 2.28. The van der Waals surface area contributed by atoms with Crippen molar-refractivity contribution in [2.45, 2.75) is 26.0 Å². The molecule has 2 unspecified atom stereocenters. The molecular weight excluding hydrogens is 152 g/mol. The fourth-order valence-electron chi connectivity index (χ4n) is 1.49. The number of hydrogen-bond donors (Lipinski definition) is 1. The van der Waals surface area contributed by atoms with Crippen LogP contribution in [0.3, 0.4) is 0 Å². The van der Waals surface area contributed by atoms with Crippen molar-refractivity contribution < 1.29 is 4.74 Å². The lowest BCUT2D eigenvalue weighted by molar-refractivity contribution is 0.0354. The van der Waals surface area contributed by atoms with Gasteiger partial charge in [-0.2, -0.15) is 0 Å². The molecule has 72 valence electrons. The first-order chi connectivity index (χ1) is 5.59. The van der Waals surface area contributed by atoms with Crippen molar-refractivity contribution in [3.05, 3.63) is 0 Å². The predicted octanol–water partition coefficient (Wildman–Crippen LogP) is 0.300. The Morgan fingerprint density at radius 3 is 2.58 bits per heavy atom. The fraction of sp³-hybridized carbons (Fsp3) is 1.00. The van der Waals surface area contributed by atoms with Crippen LogP contribution in [0.4, 0.5) is 0 Å². The van der Waals surface area contributed by atoms with Gasteiger partial charge in [-0.15, -0.1) is 0 Å². The molecule has 0 saturated carbocycles. The second kappa shape index (κ2) is 4.21. The lowest BCUT2D eigenvalue weighted by atomic mass is 10.2. The van der Waals surface area contributed by atoms with Gasteiger partial charge in [-0.05, 0) is 13.0 Å². The molecule has 1 aliphatic heterocycles. The minimum absolute atomic E-state index is 0.203. The molecule has 0 aromatic rings. The van der Waals surface area contributed by atoms with Crippen LogP contribution in [0.15, 0.2) is 0 Å². The molecule has 1 aliphatic rings. The van der Waals surface area contributed by atoms with Crippen molar-refractivity contribution >= 4 is 0 Å². The molecule has 3 heteroatoms. The number of ether oxygens (including phenoxy) is 1. The van der Waals surface area contributed by atoms with Gasteiger partial charge in [0.15, 0.2) is 0 Å². The van der Waals surface area contributed by atoms with Gasteiger partial charge >= 0.3 is 0 Å². The molecule has 0 radical (unpaired) electrons. The molecule has 3 nitrogen and oxygen atoms in total. The third-order valence-corrected chi connectivity index (χ3v) is 2.14. The number of rotatable bonds is 3. The second-order valence-electron chi connectivity index (χ2n) is 4.15. The van der Waals surface area contributed by atoms with Crippen LogP contribution in [-0.2, 0) is 4.74 Å². The van der Waals surface area contributed by atoms with Crippen LogP contribution in [0.5, 0.6) is 0 Å². The summed E-state index contributed by atoms with van der Waals surface area (Å²) in [7, 11) is 2.08. The van der Waals surface area contributed by atoms with Crippen molar-refractivity contribution in [1.29, 1.82) is 0 Å². The van der Waals surface area contributed by atoms with Gasteiger partial charge in [0.2, 0.25) is 0 Å². The van der Waals surface area contributed by atoms with Gasteiger partial charge in [-0.25, -0.2) is 0 Å². The van der Waals surface area contributed by atoms with E-state index in [0.29, 0.717) is 5.92 Å². The molecule has 0 aliphatic carbocycles. The maximum absolute atomic E-state index is 5.89. The summed E-state index contributed by atoms with van der Waals surface area (Å²) in [5.74, 6) is 0.600. The van der Waals surface area contributed by atoms with E-state index in [1.807, 2.05) is 0 Å². The second-order valence-corrected chi connectivity index (χ2v) is 4.15. The Labute approximate surface area is 74.9 Å². The number of nitrogens with zero attached hydrogens (tertiary/aromatic N) is 1. The first-order valence-electron chi connectivity index (χ1n) is 4.65. The van der Waals surface area contributed by atoms with E-state index in [1.54, 1.807) is 0 Å². The summed E-state index contributed by atoms with van der Waals surface area (Å²) in [6, 6.07) is 0.203. The van der Waals surface area contributed by atoms with Gasteiger partial charge in [0.05, 0.1) is 6.10 Å². The molecule has 12 heavy (non-hydrogen) atoms. The average molecular weight is 172 g/mol. The first-order valence-corrected chi connectivity index (χ1v) is 4.65. The maximum Gasteiger partial charge on any atom is 0.0865 e. The summed E-state index contributed by atoms with van der Waals surface area (Å²) in [6.45, 7) is 7.08. The summed E-state index contributed by atoms with van der Waals surface area (Å²) < 4.78 is 5.68. The quantitative estimate of drug-likeness (QED) is 0.665. The van der Waals surface area contributed by atoms with E-state index in [9.17, 15) is 0 Å². The zero-order valence-corrected chi connectivity index (χ0v) is 8.29. The SMILES string of the molecule is CC(C)COC1CN(C)CC1N. The molecule has 2 N–H and O–H groups in total. The molecule has 0 spiro atoms. The van der Waals surface area contributed by atoms with Gasteiger partial charge in [0.25, 0.3) is 0 Å². The van der Waals surface area contributed by atoms with E-state index in [0.717, 1.165) is 19.7 Å². The Kier molecular flexibility index (Phi) is 3.50. The molecule has 0 amide bonds. The summed E-state index contributed by atoms with van der Waals surface area (Å²) in [5.41, 5.74) is 5.89. The van der Waals surface area contributed by atoms with Crippen LogP contribution in [0.1, 0.15) is 13.8 Å². The van der Waals surface area contributed by atoms with Crippen molar-refractivity contribution in [3.63, 3.8) is 0 Å². The third kappa shape index (κ3) is 2.73. The minimum Gasteiger partial charge on any atom is -0.375 e. The van der Waals surface area contributed by atoms with Gasteiger partial charge in [0, 0.05) is 25.7 Å². The Balaban J connectivity index is 2.23. The zero-order valence-electron chi connectivity index (χ0n) is 8.29. The highest BCUT2D eigenvalue weighted by molar-refractivity contribution is 4.86. The van der Waals surface area contributed by atoms with Crippen LogP contribution >= 0.6 is 0 Å². The van der Waals surface area contributed by atoms with Crippen LogP contribution in [0.25, 0.3) is 0 Å². The largest absolute Gasteiger partial charge is 0.375 e. The fourth-order valence-corrected chi connectivity index (χ4v) is 1.49. The smallest absolute Gasteiger partial charge is 0.0865 e. The van der Waals surface area contributed by atoms with Crippen molar-refractivity contribution in [1.82, 2.24) is 4.90 Å². The summed E-state index contributed by atoms with van der Waals surface area (Å²) in [6.07, 6.45) is 0.248. The first kappa shape index (κ1) is 9.96.